The van der Waals surface area contributed by atoms with E-state index >= 15 is 0 Å². The molecule has 0 rings (SSSR count). The third kappa shape index (κ3) is 61.6. The van der Waals surface area contributed by atoms with Gasteiger partial charge in [0.1, 0.15) is 13.2 Å². The Bertz CT molecular complexity index is 1390. The summed E-state index contributed by atoms with van der Waals surface area (Å²) in [7, 11) is 0. The molecule has 0 aliphatic carbocycles. The van der Waals surface area contributed by atoms with Crippen molar-refractivity contribution in [3.8, 4) is 0 Å². The van der Waals surface area contributed by atoms with E-state index in [2.05, 4.69) is 81.5 Å². The SMILES string of the molecule is CC/C=C\C/C=C\C/C=C\C/C=C\C/C=C\CC(=O)OC(COC(=O)CCCCCCC/C=C\CCCCCC)COC(=O)CCCCCCCCCCCCCCCCCCCCCCCCCCCCCCC. The summed E-state index contributed by atoms with van der Waals surface area (Å²) in [5.74, 6) is -1.04. The van der Waals surface area contributed by atoms with E-state index in [0.717, 1.165) is 83.5 Å². The molecule has 1 unspecified atom stereocenters. The highest BCUT2D eigenvalue weighted by Gasteiger charge is 2.19. The largest absolute Gasteiger partial charge is 0.462 e. The van der Waals surface area contributed by atoms with E-state index in [1.807, 2.05) is 6.08 Å². The summed E-state index contributed by atoms with van der Waals surface area (Å²) in [6.07, 6.45) is 82.5. The van der Waals surface area contributed by atoms with Crippen LogP contribution in [-0.4, -0.2) is 37.2 Å². The van der Waals surface area contributed by atoms with Crippen molar-refractivity contribution in [2.24, 2.45) is 0 Å². The van der Waals surface area contributed by atoms with E-state index in [4.69, 9.17) is 14.2 Å². The van der Waals surface area contributed by atoms with Crippen LogP contribution < -0.4 is 0 Å². The number of carbonyl (C=O) groups excluding carboxylic acids is 3. The molecule has 0 heterocycles. The Balaban J connectivity index is 4.23. The molecule has 75 heavy (non-hydrogen) atoms. The maximum Gasteiger partial charge on any atom is 0.310 e. The van der Waals surface area contributed by atoms with Gasteiger partial charge in [-0.1, -0.05) is 312 Å². The molecule has 0 amide bonds. The van der Waals surface area contributed by atoms with Crippen molar-refractivity contribution >= 4 is 17.9 Å². The Morgan fingerprint density at radius 1 is 0.293 bits per heavy atom. The summed E-state index contributed by atoms with van der Waals surface area (Å²) in [4.78, 5) is 38.1. The predicted octanol–water partition coefficient (Wildman–Crippen LogP) is 22.1. The van der Waals surface area contributed by atoms with Gasteiger partial charge in [0.2, 0.25) is 0 Å². The monoisotopic (exact) mass is 1050 g/mol. The van der Waals surface area contributed by atoms with Gasteiger partial charge in [0.15, 0.2) is 6.10 Å². The van der Waals surface area contributed by atoms with Crippen LogP contribution in [0.4, 0.5) is 0 Å². The Hall–Kier alpha value is -3.15. The lowest BCUT2D eigenvalue weighted by molar-refractivity contribution is -0.166. The molecule has 434 valence electrons. The molecule has 6 nitrogen and oxygen atoms in total. The minimum atomic E-state index is -0.832. The van der Waals surface area contributed by atoms with Crippen molar-refractivity contribution in [3.63, 3.8) is 0 Å². The first-order valence-corrected chi connectivity index (χ1v) is 32.4. The van der Waals surface area contributed by atoms with Crippen LogP contribution in [0.1, 0.15) is 329 Å². The summed E-state index contributed by atoms with van der Waals surface area (Å²) >= 11 is 0. The fraction of sp³-hybridized carbons (Fsp3) is 0.783. The number of esters is 3. The van der Waals surface area contributed by atoms with Crippen LogP contribution in [0.2, 0.25) is 0 Å². The molecule has 0 spiro atoms. The first-order valence-electron chi connectivity index (χ1n) is 32.4. The molecule has 0 bridgehead atoms. The highest BCUT2D eigenvalue weighted by atomic mass is 16.6. The average molecular weight is 1050 g/mol. The smallest absolute Gasteiger partial charge is 0.310 e. The van der Waals surface area contributed by atoms with Crippen molar-refractivity contribution in [3.05, 3.63) is 72.9 Å². The second kappa shape index (κ2) is 63.4. The molecule has 0 saturated heterocycles. The van der Waals surface area contributed by atoms with Crippen LogP contribution in [0.15, 0.2) is 72.9 Å². The fourth-order valence-corrected chi connectivity index (χ4v) is 9.40. The van der Waals surface area contributed by atoms with Gasteiger partial charge in [-0.05, 0) is 70.6 Å². The second-order valence-corrected chi connectivity index (χ2v) is 21.7. The van der Waals surface area contributed by atoms with Gasteiger partial charge >= 0.3 is 17.9 Å². The van der Waals surface area contributed by atoms with Gasteiger partial charge in [-0.2, -0.15) is 0 Å². The van der Waals surface area contributed by atoms with Crippen molar-refractivity contribution in [2.75, 3.05) is 13.2 Å². The molecular formula is C69H122O6. The zero-order valence-electron chi connectivity index (χ0n) is 49.8. The number of rotatable bonds is 59. The standard InChI is InChI=1S/C69H122O6/c1-4-7-10-13-16-19-22-25-27-28-29-30-31-32-33-34-35-36-37-38-39-40-42-44-47-50-53-56-59-62-68(71)74-65-66(64-73-67(70)61-58-55-52-49-46-43-24-21-18-15-12-9-6-3)75-69(72)63-60-57-54-51-48-45-41-26-23-20-17-14-11-8-5-2/h8,11,17,20-21,24,26,41,48,51,57,60,66H,4-7,9-10,12-16,18-19,22-23,25,27-40,42-47,49-50,52-56,58-59,61-65H2,1-3H3/b11-8-,20-17-,24-21-,41-26-,51-48-,60-57-. The lowest BCUT2D eigenvalue weighted by atomic mass is 10.0. The van der Waals surface area contributed by atoms with Crippen LogP contribution in [-0.2, 0) is 28.6 Å². The van der Waals surface area contributed by atoms with E-state index in [-0.39, 0.29) is 31.6 Å². The van der Waals surface area contributed by atoms with Gasteiger partial charge in [0, 0.05) is 12.8 Å². The fourth-order valence-electron chi connectivity index (χ4n) is 9.40. The minimum Gasteiger partial charge on any atom is -0.462 e. The molecule has 0 radical (unpaired) electrons. The highest BCUT2D eigenvalue weighted by molar-refractivity contribution is 5.72. The first kappa shape index (κ1) is 71.8. The molecule has 0 aromatic rings. The zero-order valence-corrected chi connectivity index (χ0v) is 49.8. The van der Waals surface area contributed by atoms with Crippen molar-refractivity contribution in [2.45, 2.75) is 335 Å². The molecule has 0 fully saturated rings. The van der Waals surface area contributed by atoms with E-state index in [0.29, 0.717) is 12.8 Å². The minimum absolute atomic E-state index is 0.0975. The van der Waals surface area contributed by atoms with Crippen LogP contribution in [0, 0.1) is 0 Å². The Kier molecular flexibility index (Phi) is 60.7. The van der Waals surface area contributed by atoms with Crippen molar-refractivity contribution in [1.82, 2.24) is 0 Å². The van der Waals surface area contributed by atoms with Crippen LogP contribution in [0.5, 0.6) is 0 Å². The molecular weight excluding hydrogens is 925 g/mol. The number of carbonyl (C=O) groups is 3. The Morgan fingerprint density at radius 3 is 0.880 bits per heavy atom. The van der Waals surface area contributed by atoms with Crippen LogP contribution >= 0.6 is 0 Å². The van der Waals surface area contributed by atoms with Gasteiger partial charge in [-0.15, -0.1) is 0 Å². The Labute approximate surface area is 465 Å². The number of hydrogen-bond acceptors (Lipinski definition) is 6. The molecule has 0 aromatic heterocycles. The average Bonchev–Trinajstić information content (AvgIpc) is 3.41. The van der Waals surface area contributed by atoms with Crippen molar-refractivity contribution < 1.29 is 28.6 Å². The predicted molar refractivity (Wildman–Crippen MR) is 325 cm³/mol. The molecule has 0 aromatic carbocycles. The van der Waals surface area contributed by atoms with E-state index in [1.54, 1.807) is 6.08 Å². The summed E-state index contributed by atoms with van der Waals surface area (Å²) in [6.45, 7) is 6.46. The Morgan fingerprint density at radius 2 is 0.560 bits per heavy atom. The lowest BCUT2D eigenvalue weighted by Gasteiger charge is -2.18. The number of unbranched alkanes of at least 4 members (excludes halogenated alkanes) is 37. The second-order valence-electron chi connectivity index (χ2n) is 21.7. The lowest BCUT2D eigenvalue weighted by Crippen LogP contribution is -2.30. The van der Waals surface area contributed by atoms with Gasteiger partial charge < -0.3 is 14.2 Å². The quantitative estimate of drug-likeness (QED) is 0.0261. The highest BCUT2D eigenvalue weighted by Crippen LogP contribution is 2.18. The summed E-state index contributed by atoms with van der Waals surface area (Å²) < 4.78 is 16.8. The third-order valence-electron chi connectivity index (χ3n) is 14.2. The van der Waals surface area contributed by atoms with E-state index < -0.39 is 12.1 Å². The molecule has 0 N–H and O–H groups in total. The maximum absolute atomic E-state index is 12.8. The van der Waals surface area contributed by atoms with Crippen LogP contribution in [0.3, 0.4) is 0 Å². The zero-order chi connectivity index (χ0) is 54.3. The van der Waals surface area contributed by atoms with Crippen LogP contribution in [0.25, 0.3) is 0 Å². The topological polar surface area (TPSA) is 78.9 Å². The molecule has 1 atom stereocenters. The van der Waals surface area contributed by atoms with Gasteiger partial charge in [0.25, 0.3) is 0 Å². The number of ether oxygens (including phenoxy) is 3. The van der Waals surface area contributed by atoms with Gasteiger partial charge in [-0.25, -0.2) is 0 Å². The van der Waals surface area contributed by atoms with E-state index in [1.165, 1.54) is 205 Å². The molecule has 0 aliphatic heterocycles. The molecule has 6 heteroatoms. The van der Waals surface area contributed by atoms with Gasteiger partial charge in [0.05, 0.1) is 6.42 Å². The summed E-state index contributed by atoms with van der Waals surface area (Å²) in [6, 6.07) is 0. The van der Waals surface area contributed by atoms with Crippen molar-refractivity contribution in [1.29, 1.82) is 0 Å². The summed E-state index contributed by atoms with van der Waals surface area (Å²) in [5, 5.41) is 0. The normalized spacial score (nSPS) is 12.5. The maximum atomic E-state index is 12.8. The summed E-state index contributed by atoms with van der Waals surface area (Å²) in [5.41, 5.74) is 0. The third-order valence-corrected chi connectivity index (χ3v) is 14.2. The number of allylic oxidation sites excluding steroid dienone is 11. The molecule has 0 saturated carbocycles. The first-order chi connectivity index (χ1) is 37.0. The van der Waals surface area contributed by atoms with E-state index in [9.17, 15) is 14.4 Å². The molecule has 0 aliphatic rings. The number of hydrogen-bond donors (Lipinski definition) is 0. The van der Waals surface area contributed by atoms with Gasteiger partial charge in [-0.3, -0.25) is 14.4 Å².